The Balaban J connectivity index is 1.98. The summed E-state index contributed by atoms with van der Waals surface area (Å²) in [4.78, 5) is 11.5. The van der Waals surface area contributed by atoms with E-state index in [4.69, 9.17) is 13.9 Å². The number of fused-ring (bicyclic) bond motifs is 1. The van der Waals surface area contributed by atoms with E-state index in [1.807, 2.05) is 19.9 Å². The monoisotopic (exact) mass is 392 g/mol. The van der Waals surface area contributed by atoms with Crippen LogP contribution in [0.15, 0.2) is 45.1 Å². The molecule has 28 heavy (non-hydrogen) atoms. The molecule has 3 rings (SSSR count). The number of rotatable bonds is 5. The van der Waals surface area contributed by atoms with Crippen LogP contribution < -0.4 is 10.4 Å². The topological polar surface area (TPSA) is 130 Å². The van der Waals surface area contributed by atoms with Gasteiger partial charge in [-0.25, -0.2) is 4.79 Å². The fourth-order valence-electron chi connectivity index (χ4n) is 3.02. The second kappa shape index (κ2) is 8.42. The minimum Gasteiger partial charge on any atom is -0.462 e. The predicted octanol–water partition coefficient (Wildman–Crippen LogP) is 0.480. The van der Waals surface area contributed by atoms with Gasteiger partial charge < -0.3 is 34.3 Å². The molecule has 1 aliphatic rings. The summed E-state index contributed by atoms with van der Waals surface area (Å²) in [5.74, 6) is 0.295. The fourth-order valence-corrected chi connectivity index (χ4v) is 3.02. The van der Waals surface area contributed by atoms with Gasteiger partial charge in [0.25, 0.3) is 0 Å². The van der Waals surface area contributed by atoms with Crippen LogP contribution in [-0.2, 0) is 11.2 Å². The quantitative estimate of drug-likeness (QED) is 0.427. The maximum Gasteiger partial charge on any atom is 0.336 e. The van der Waals surface area contributed by atoms with Crippen molar-refractivity contribution in [2.45, 2.75) is 51.0 Å². The molecule has 5 atom stereocenters. The molecule has 4 N–H and O–H groups in total. The van der Waals surface area contributed by atoms with Crippen LogP contribution in [0.3, 0.4) is 0 Å². The minimum atomic E-state index is -1.55. The van der Waals surface area contributed by atoms with E-state index < -0.39 is 42.9 Å². The first-order chi connectivity index (χ1) is 13.3. The zero-order valence-corrected chi connectivity index (χ0v) is 15.6. The second-order valence-electron chi connectivity index (χ2n) is 7.05. The number of aliphatic hydroxyl groups is 4. The van der Waals surface area contributed by atoms with Gasteiger partial charge in [-0.15, -0.1) is 0 Å². The Morgan fingerprint density at radius 2 is 1.89 bits per heavy atom. The molecule has 152 valence electrons. The van der Waals surface area contributed by atoms with Crippen molar-refractivity contribution in [2.24, 2.45) is 0 Å². The lowest BCUT2D eigenvalue weighted by Crippen LogP contribution is -2.60. The summed E-state index contributed by atoms with van der Waals surface area (Å²) in [5, 5.41) is 40.1. The number of hydrogen-bond donors (Lipinski definition) is 4. The largest absolute Gasteiger partial charge is 0.462 e. The first kappa shape index (κ1) is 20.5. The lowest BCUT2D eigenvalue weighted by atomic mass is 9.99. The van der Waals surface area contributed by atoms with E-state index >= 15 is 0 Å². The molecule has 1 fully saturated rings. The van der Waals surface area contributed by atoms with Gasteiger partial charge in [-0.1, -0.05) is 11.6 Å². The van der Waals surface area contributed by atoms with Crippen molar-refractivity contribution in [1.29, 1.82) is 0 Å². The van der Waals surface area contributed by atoms with Gasteiger partial charge in [0.1, 0.15) is 35.7 Å². The third kappa shape index (κ3) is 4.26. The first-order valence-electron chi connectivity index (χ1n) is 8.97. The zero-order valence-electron chi connectivity index (χ0n) is 15.6. The molecule has 1 aromatic carbocycles. The van der Waals surface area contributed by atoms with Gasteiger partial charge in [0.05, 0.1) is 6.61 Å². The molecule has 0 spiro atoms. The Hall–Kier alpha value is -2.23. The molecule has 1 unspecified atom stereocenters. The van der Waals surface area contributed by atoms with Gasteiger partial charge >= 0.3 is 5.63 Å². The number of allylic oxidation sites excluding steroid dienone is 2. The molecular weight excluding hydrogens is 368 g/mol. The lowest BCUT2D eigenvalue weighted by Gasteiger charge is -2.39. The summed E-state index contributed by atoms with van der Waals surface area (Å²) in [5.41, 5.74) is 1.63. The van der Waals surface area contributed by atoms with Crippen LogP contribution in [0.1, 0.15) is 19.4 Å². The van der Waals surface area contributed by atoms with E-state index in [0.717, 1.165) is 11.1 Å². The van der Waals surface area contributed by atoms with Crippen molar-refractivity contribution in [3.63, 3.8) is 0 Å². The molecular formula is C20H24O8. The van der Waals surface area contributed by atoms with Crippen LogP contribution in [0.5, 0.6) is 5.75 Å². The van der Waals surface area contributed by atoms with Crippen molar-refractivity contribution in [2.75, 3.05) is 6.61 Å². The number of ether oxygens (including phenoxy) is 2. The van der Waals surface area contributed by atoms with Crippen molar-refractivity contribution in [3.05, 3.63) is 51.9 Å². The summed E-state index contributed by atoms with van der Waals surface area (Å²) >= 11 is 0. The van der Waals surface area contributed by atoms with Gasteiger partial charge in [0.2, 0.25) is 6.29 Å². The summed E-state index contributed by atoms with van der Waals surface area (Å²) in [7, 11) is 0. The maximum atomic E-state index is 11.5. The van der Waals surface area contributed by atoms with Crippen molar-refractivity contribution in [3.8, 4) is 5.75 Å². The lowest BCUT2D eigenvalue weighted by molar-refractivity contribution is -0.277. The highest BCUT2D eigenvalue weighted by atomic mass is 16.7. The van der Waals surface area contributed by atoms with E-state index in [9.17, 15) is 25.2 Å². The van der Waals surface area contributed by atoms with Crippen LogP contribution in [0.2, 0.25) is 0 Å². The van der Waals surface area contributed by atoms with Gasteiger partial charge in [0, 0.05) is 17.5 Å². The second-order valence-corrected chi connectivity index (χ2v) is 7.05. The molecule has 8 heteroatoms. The highest BCUT2D eigenvalue weighted by Gasteiger charge is 2.44. The summed E-state index contributed by atoms with van der Waals surface area (Å²) in [6.45, 7) is 3.36. The van der Waals surface area contributed by atoms with Crippen LogP contribution in [0, 0.1) is 0 Å². The first-order valence-corrected chi connectivity index (χ1v) is 8.97. The minimum absolute atomic E-state index is 0.295. The summed E-state index contributed by atoms with van der Waals surface area (Å²) in [6, 6.07) is 6.29. The Morgan fingerprint density at radius 3 is 2.57 bits per heavy atom. The SMILES string of the molecule is CC(C)=CCc1cc2ccc(=O)oc2cc1OC1O[C@H](CO)[C@@H](O)[C@H](O)[C@H]1O. The molecule has 2 heterocycles. The molecule has 1 aromatic heterocycles. The number of aliphatic hydroxyl groups excluding tert-OH is 4. The van der Waals surface area contributed by atoms with Gasteiger partial charge in [-0.2, -0.15) is 0 Å². The van der Waals surface area contributed by atoms with Crippen molar-refractivity contribution < 1.29 is 34.3 Å². The van der Waals surface area contributed by atoms with Crippen LogP contribution in [0.4, 0.5) is 0 Å². The van der Waals surface area contributed by atoms with Crippen LogP contribution >= 0.6 is 0 Å². The molecule has 1 aliphatic heterocycles. The van der Waals surface area contributed by atoms with Gasteiger partial charge in [-0.3, -0.25) is 0 Å². The van der Waals surface area contributed by atoms with Crippen molar-refractivity contribution >= 4 is 11.0 Å². The highest BCUT2D eigenvalue weighted by Crippen LogP contribution is 2.30. The van der Waals surface area contributed by atoms with E-state index in [-0.39, 0.29) is 0 Å². The predicted molar refractivity (Wildman–Crippen MR) is 100 cm³/mol. The molecule has 0 saturated carbocycles. The zero-order chi connectivity index (χ0) is 20.4. The third-order valence-corrected chi connectivity index (χ3v) is 4.62. The average molecular weight is 392 g/mol. The molecule has 1 saturated heterocycles. The fraction of sp³-hybridized carbons (Fsp3) is 0.450. The van der Waals surface area contributed by atoms with Gasteiger partial charge in [0.15, 0.2) is 0 Å². The third-order valence-electron chi connectivity index (χ3n) is 4.62. The van der Waals surface area contributed by atoms with Crippen LogP contribution in [-0.4, -0.2) is 57.7 Å². The normalized spacial score (nSPS) is 27.6. The van der Waals surface area contributed by atoms with Gasteiger partial charge in [-0.05, 0) is 38.0 Å². The molecule has 8 nitrogen and oxygen atoms in total. The van der Waals surface area contributed by atoms with E-state index in [2.05, 4.69) is 0 Å². The standard InChI is InChI=1S/C20H24O8/c1-10(2)3-4-11-7-12-5-6-16(22)26-13(12)8-14(11)27-20-19(25)18(24)17(23)15(9-21)28-20/h3,5-8,15,17-21,23-25H,4,9H2,1-2H3/t15-,17-,18+,19-,20?/m1/s1. The van der Waals surface area contributed by atoms with Crippen molar-refractivity contribution in [1.82, 2.24) is 0 Å². The van der Waals surface area contributed by atoms with E-state index in [0.29, 0.717) is 23.1 Å². The average Bonchev–Trinajstić information content (AvgIpc) is 2.66. The Morgan fingerprint density at radius 1 is 1.14 bits per heavy atom. The molecule has 0 radical (unpaired) electrons. The molecule has 2 aromatic rings. The highest BCUT2D eigenvalue weighted by molar-refractivity contribution is 5.79. The Bertz CT molecular complexity index is 912. The van der Waals surface area contributed by atoms with Crippen LogP contribution in [0.25, 0.3) is 11.0 Å². The molecule has 0 aliphatic carbocycles. The molecule has 0 amide bonds. The van der Waals surface area contributed by atoms with E-state index in [1.54, 1.807) is 12.1 Å². The summed E-state index contributed by atoms with van der Waals surface area (Å²) in [6.07, 6.45) is -4.45. The maximum absolute atomic E-state index is 11.5. The van der Waals surface area contributed by atoms with E-state index in [1.165, 1.54) is 12.1 Å². The smallest absolute Gasteiger partial charge is 0.336 e. The summed E-state index contributed by atoms with van der Waals surface area (Å²) < 4.78 is 16.4. The Labute approximate surface area is 161 Å². The molecule has 0 bridgehead atoms. The Kier molecular flexibility index (Phi) is 6.17. The number of hydrogen-bond acceptors (Lipinski definition) is 8. The number of benzene rings is 1.